The minimum Gasteiger partial charge on any atom is -0.497 e. The van der Waals surface area contributed by atoms with Gasteiger partial charge in [-0.3, -0.25) is 9.79 Å². The fourth-order valence-electron chi connectivity index (χ4n) is 3.34. The van der Waals surface area contributed by atoms with Crippen LogP contribution in [0.3, 0.4) is 0 Å². The van der Waals surface area contributed by atoms with Crippen LogP contribution in [-0.4, -0.2) is 31.4 Å². The molecule has 0 aliphatic heterocycles. The highest BCUT2D eigenvalue weighted by molar-refractivity contribution is 6.45. The van der Waals surface area contributed by atoms with Crippen molar-refractivity contribution in [3.8, 4) is 5.75 Å². The number of benzene rings is 3. The molecule has 0 saturated heterocycles. The summed E-state index contributed by atoms with van der Waals surface area (Å²) in [6.07, 6.45) is 1.64. The first-order chi connectivity index (χ1) is 15.5. The maximum Gasteiger partial charge on any atom is 0.204 e. The van der Waals surface area contributed by atoms with Crippen LogP contribution < -0.4 is 10.1 Å². The monoisotopic (exact) mass is 431 g/mol. The topological polar surface area (TPSA) is 74.5 Å². The van der Waals surface area contributed by atoms with E-state index in [9.17, 15) is 9.18 Å². The number of nitrogens with zero attached hydrogens (tertiary/aromatic N) is 1. The SMILES string of the molecule is CCN=CC(C(=N)C(=O)C(Nc1cccc(OC)c1)c1ccc(F)cc1)c1ccccc1. The van der Waals surface area contributed by atoms with E-state index in [4.69, 9.17) is 10.1 Å². The van der Waals surface area contributed by atoms with E-state index < -0.39 is 23.6 Å². The van der Waals surface area contributed by atoms with Crippen molar-refractivity contribution in [1.82, 2.24) is 0 Å². The molecular weight excluding hydrogens is 405 g/mol. The third-order valence-corrected chi connectivity index (χ3v) is 5.02. The highest BCUT2D eigenvalue weighted by Crippen LogP contribution is 2.27. The fourth-order valence-corrected chi connectivity index (χ4v) is 3.34. The van der Waals surface area contributed by atoms with Crippen molar-refractivity contribution in [2.45, 2.75) is 18.9 Å². The Morgan fingerprint density at radius 3 is 2.44 bits per heavy atom. The van der Waals surface area contributed by atoms with Crippen LogP contribution in [-0.2, 0) is 4.79 Å². The highest BCUT2D eigenvalue weighted by atomic mass is 19.1. The second kappa shape index (κ2) is 11.0. The van der Waals surface area contributed by atoms with Gasteiger partial charge in [0.2, 0.25) is 5.78 Å². The first-order valence-corrected chi connectivity index (χ1v) is 10.4. The number of hydrogen-bond acceptors (Lipinski definition) is 5. The van der Waals surface area contributed by atoms with Crippen molar-refractivity contribution in [3.05, 3.63) is 95.8 Å². The second-order valence-electron chi connectivity index (χ2n) is 7.18. The average Bonchev–Trinajstić information content (AvgIpc) is 2.83. The van der Waals surface area contributed by atoms with E-state index in [1.54, 1.807) is 43.7 Å². The quantitative estimate of drug-likeness (QED) is 0.419. The number of nitrogens with one attached hydrogen (secondary N) is 2. The van der Waals surface area contributed by atoms with E-state index in [0.717, 1.165) is 5.56 Å². The number of ketones is 1. The Morgan fingerprint density at radius 1 is 1.06 bits per heavy atom. The predicted octanol–water partition coefficient (Wildman–Crippen LogP) is 5.45. The van der Waals surface area contributed by atoms with E-state index in [2.05, 4.69) is 10.3 Å². The molecule has 0 spiro atoms. The largest absolute Gasteiger partial charge is 0.497 e. The number of carbonyl (C=O) groups excluding carboxylic acids is 1. The average molecular weight is 432 g/mol. The second-order valence-corrected chi connectivity index (χ2v) is 7.18. The maximum absolute atomic E-state index is 13.6. The van der Waals surface area contributed by atoms with Crippen LogP contribution >= 0.6 is 0 Å². The normalized spacial score (nSPS) is 12.8. The van der Waals surface area contributed by atoms with Crippen molar-refractivity contribution in [3.63, 3.8) is 0 Å². The van der Waals surface area contributed by atoms with E-state index in [-0.39, 0.29) is 5.71 Å². The van der Waals surface area contributed by atoms with Gasteiger partial charge in [0, 0.05) is 24.5 Å². The molecule has 0 aliphatic carbocycles. The molecule has 0 fully saturated rings. The molecule has 0 saturated carbocycles. The smallest absolute Gasteiger partial charge is 0.204 e. The lowest BCUT2D eigenvalue weighted by Crippen LogP contribution is -2.32. The number of hydrogen-bond donors (Lipinski definition) is 2. The van der Waals surface area contributed by atoms with Crippen LogP contribution in [0.25, 0.3) is 0 Å². The third kappa shape index (κ3) is 5.66. The number of rotatable bonds is 10. The van der Waals surface area contributed by atoms with E-state index in [0.29, 0.717) is 23.5 Å². The standard InChI is InChI=1S/C26H26FN3O2/c1-3-29-17-23(18-8-5-4-6-9-18)24(28)26(31)25(19-12-14-20(27)15-13-19)30-21-10-7-11-22(16-21)32-2/h4-17,23,25,28,30H,3H2,1-2H3. The van der Waals surface area contributed by atoms with Crippen LogP contribution in [0.4, 0.5) is 10.1 Å². The van der Waals surface area contributed by atoms with Gasteiger partial charge in [0.05, 0.1) is 18.7 Å². The zero-order valence-electron chi connectivity index (χ0n) is 18.1. The molecule has 3 aromatic carbocycles. The van der Waals surface area contributed by atoms with Gasteiger partial charge in [0.1, 0.15) is 17.6 Å². The van der Waals surface area contributed by atoms with Crippen molar-refractivity contribution in [2.75, 3.05) is 19.0 Å². The first kappa shape index (κ1) is 22.9. The Morgan fingerprint density at radius 2 is 1.78 bits per heavy atom. The Bertz CT molecular complexity index is 1080. The lowest BCUT2D eigenvalue weighted by molar-refractivity contribution is -0.113. The van der Waals surface area contributed by atoms with Crippen LogP contribution in [0.5, 0.6) is 5.75 Å². The van der Waals surface area contributed by atoms with Crippen LogP contribution in [0, 0.1) is 11.2 Å². The molecule has 3 aromatic rings. The van der Waals surface area contributed by atoms with Crippen LogP contribution in [0.15, 0.2) is 83.9 Å². The molecular formula is C26H26FN3O2. The zero-order valence-corrected chi connectivity index (χ0v) is 18.1. The molecule has 2 N–H and O–H groups in total. The maximum atomic E-state index is 13.6. The summed E-state index contributed by atoms with van der Waals surface area (Å²) < 4.78 is 18.8. The summed E-state index contributed by atoms with van der Waals surface area (Å²) in [5, 5.41) is 11.9. The van der Waals surface area contributed by atoms with E-state index >= 15 is 0 Å². The summed E-state index contributed by atoms with van der Waals surface area (Å²) in [6.45, 7) is 2.45. The minimum absolute atomic E-state index is 0.0990. The van der Waals surface area contributed by atoms with Crippen molar-refractivity contribution in [1.29, 1.82) is 5.41 Å². The lowest BCUT2D eigenvalue weighted by Gasteiger charge is -2.22. The van der Waals surface area contributed by atoms with Gasteiger partial charge >= 0.3 is 0 Å². The lowest BCUT2D eigenvalue weighted by atomic mass is 9.88. The summed E-state index contributed by atoms with van der Waals surface area (Å²) in [7, 11) is 1.56. The minimum atomic E-state index is -0.878. The number of halogens is 1. The summed E-state index contributed by atoms with van der Waals surface area (Å²) in [4.78, 5) is 17.9. The van der Waals surface area contributed by atoms with E-state index in [1.165, 1.54) is 12.1 Å². The number of ether oxygens (including phenoxy) is 1. The van der Waals surface area contributed by atoms with Crippen molar-refractivity contribution >= 4 is 23.4 Å². The van der Waals surface area contributed by atoms with Gasteiger partial charge in [-0.1, -0.05) is 48.5 Å². The number of Topliss-reactive ketones (excluding diaryl/α,β-unsaturated/α-hetero) is 1. The fraction of sp³-hybridized carbons (Fsp3) is 0.192. The number of anilines is 1. The zero-order chi connectivity index (χ0) is 22.9. The summed E-state index contributed by atoms with van der Waals surface area (Å²) in [5.74, 6) is -0.768. The first-order valence-electron chi connectivity index (χ1n) is 10.4. The predicted molar refractivity (Wildman–Crippen MR) is 127 cm³/mol. The highest BCUT2D eigenvalue weighted by Gasteiger charge is 2.29. The van der Waals surface area contributed by atoms with Gasteiger partial charge in [-0.2, -0.15) is 0 Å². The molecule has 164 valence electrons. The Hall–Kier alpha value is -3.80. The van der Waals surface area contributed by atoms with Crippen LogP contribution in [0.1, 0.15) is 30.0 Å². The summed E-state index contributed by atoms with van der Waals surface area (Å²) in [5.41, 5.74) is 1.92. The molecule has 0 aliphatic rings. The third-order valence-electron chi connectivity index (χ3n) is 5.02. The molecule has 2 atom stereocenters. The molecule has 32 heavy (non-hydrogen) atoms. The summed E-state index contributed by atoms with van der Waals surface area (Å²) in [6, 6.07) is 21.4. The molecule has 0 bridgehead atoms. The molecule has 0 amide bonds. The molecule has 6 heteroatoms. The van der Waals surface area contributed by atoms with Gasteiger partial charge in [0.25, 0.3) is 0 Å². The van der Waals surface area contributed by atoms with Crippen molar-refractivity contribution in [2.24, 2.45) is 4.99 Å². The van der Waals surface area contributed by atoms with Gasteiger partial charge in [-0.15, -0.1) is 0 Å². The molecule has 5 nitrogen and oxygen atoms in total. The molecule has 2 unspecified atom stereocenters. The Labute approximate surface area is 187 Å². The summed E-state index contributed by atoms with van der Waals surface area (Å²) >= 11 is 0. The Kier molecular flexibility index (Phi) is 7.86. The number of carbonyl (C=O) groups is 1. The van der Waals surface area contributed by atoms with Gasteiger partial charge in [0.15, 0.2) is 0 Å². The van der Waals surface area contributed by atoms with Crippen LogP contribution in [0.2, 0.25) is 0 Å². The van der Waals surface area contributed by atoms with Gasteiger partial charge in [-0.25, -0.2) is 4.39 Å². The molecule has 0 radical (unpaired) electrons. The van der Waals surface area contributed by atoms with Gasteiger partial charge < -0.3 is 15.5 Å². The molecule has 0 aromatic heterocycles. The Balaban J connectivity index is 1.98. The number of aliphatic imine (C=N–C) groups is 1. The van der Waals surface area contributed by atoms with Crippen molar-refractivity contribution < 1.29 is 13.9 Å². The van der Waals surface area contributed by atoms with E-state index in [1.807, 2.05) is 43.3 Å². The molecule has 0 heterocycles. The number of methoxy groups -OCH3 is 1. The van der Waals surface area contributed by atoms with Gasteiger partial charge in [-0.05, 0) is 42.3 Å². The molecule has 3 rings (SSSR count).